The van der Waals surface area contributed by atoms with Crippen molar-refractivity contribution in [2.24, 2.45) is 0 Å². The third-order valence-electron chi connectivity index (χ3n) is 3.45. The number of esters is 1. The van der Waals surface area contributed by atoms with Gasteiger partial charge in [-0.05, 0) is 6.42 Å². The van der Waals surface area contributed by atoms with Crippen LogP contribution in [0.1, 0.15) is 38.8 Å². The molecule has 128 valence electrons. The number of nitrogens with one attached hydrogen (secondary N) is 1. The second kappa shape index (κ2) is 6.09. The summed E-state index contributed by atoms with van der Waals surface area (Å²) in [5, 5.41) is 5.37. The molecule has 1 N–H and O–H groups in total. The number of anilines is 1. The molecule has 0 aliphatic carbocycles. The molecule has 1 aliphatic rings. The van der Waals surface area contributed by atoms with E-state index in [1.54, 1.807) is 13.8 Å². The Kier molecular flexibility index (Phi) is 4.53. The van der Waals surface area contributed by atoms with Crippen LogP contribution in [0.15, 0.2) is 10.6 Å². The topological polar surface area (TPSA) is 84.7 Å². The maximum atomic E-state index is 12.6. The number of aromatic nitrogens is 1. The van der Waals surface area contributed by atoms with Crippen LogP contribution in [0.25, 0.3) is 0 Å². The minimum atomic E-state index is -4.70. The molecule has 7 nitrogen and oxygen atoms in total. The molecular formula is C13H16F3N3O4. The number of alkyl halides is 3. The van der Waals surface area contributed by atoms with Crippen molar-refractivity contribution < 1.29 is 32.0 Å². The van der Waals surface area contributed by atoms with E-state index in [2.05, 4.69) is 15.0 Å². The van der Waals surface area contributed by atoms with Gasteiger partial charge in [0.1, 0.15) is 0 Å². The number of urea groups is 1. The van der Waals surface area contributed by atoms with E-state index in [4.69, 9.17) is 4.74 Å². The van der Waals surface area contributed by atoms with Crippen LogP contribution in [0.4, 0.5) is 23.8 Å². The van der Waals surface area contributed by atoms with E-state index >= 15 is 0 Å². The molecule has 23 heavy (non-hydrogen) atoms. The zero-order chi connectivity index (χ0) is 17.3. The molecule has 0 spiro atoms. The van der Waals surface area contributed by atoms with E-state index in [-0.39, 0.29) is 19.4 Å². The zero-order valence-corrected chi connectivity index (χ0v) is 12.6. The predicted molar refractivity (Wildman–Crippen MR) is 71.4 cm³/mol. The van der Waals surface area contributed by atoms with Gasteiger partial charge in [-0.15, -0.1) is 0 Å². The lowest BCUT2D eigenvalue weighted by Gasteiger charge is -2.33. The normalized spacial score (nSPS) is 21.4. The Morgan fingerprint density at radius 3 is 2.74 bits per heavy atom. The van der Waals surface area contributed by atoms with Gasteiger partial charge in [0.15, 0.2) is 5.69 Å². The van der Waals surface area contributed by atoms with Gasteiger partial charge in [-0.3, -0.25) is 4.79 Å². The Hall–Kier alpha value is -2.26. The number of carbonyl (C=O) groups is 2. The van der Waals surface area contributed by atoms with Gasteiger partial charge in [0.05, 0.1) is 6.54 Å². The molecule has 0 saturated carbocycles. The fourth-order valence-corrected chi connectivity index (χ4v) is 2.27. The maximum absolute atomic E-state index is 12.6. The summed E-state index contributed by atoms with van der Waals surface area (Å²) in [6, 6.07) is -0.121. The van der Waals surface area contributed by atoms with E-state index in [0.29, 0.717) is 12.5 Å². The second-order valence-corrected chi connectivity index (χ2v) is 5.07. The minimum Gasteiger partial charge on any atom is -0.436 e. The monoisotopic (exact) mass is 335 g/mol. The highest BCUT2D eigenvalue weighted by Gasteiger charge is 2.51. The first-order valence-corrected chi connectivity index (χ1v) is 7.07. The Morgan fingerprint density at radius 1 is 1.52 bits per heavy atom. The van der Waals surface area contributed by atoms with Gasteiger partial charge in [-0.1, -0.05) is 19.0 Å². The molecule has 1 fully saturated rings. The number of rotatable bonds is 5. The standard InChI is InChI=1S/C13H16F3N3O4/c1-3-5-10(20)22-12(4-2)7-17-11(21)19(12)9-6-8(18-23-9)13(14,15)16/h6H,3-5,7H2,1-2H3,(H,17,21). The van der Waals surface area contributed by atoms with Crippen LogP contribution in [-0.2, 0) is 15.7 Å². The smallest absolute Gasteiger partial charge is 0.436 e. The van der Waals surface area contributed by atoms with Crippen molar-refractivity contribution >= 4 is 17.9 Å². The van der Waals surface area contributed by atoms with Crippen molar-refractivity contribution in [3.63, 3.8) is 0 Å². The lowest BCUT2D eigenvalue weighted by atomic mass is 10.1. The van der Waals surface area contributed by atoms with E-state index in [1.165, 1.54) is 0 Å². The lowest BCUT2D eigenvalue weighted by molar-refractivity contribution is -0.158. The van der Waals surface area contributed by atoms with Gasteiger partial charge in [0.25, 0.3) is 0 Å². The summed E-state index contributed by atoms with van der Waals surface area (Å²) in [6.45, 7) is 3.37. The fraction of sp³-hybridized carbons (Fsp3) is 0.615. The molecule has 2 rings (SSSR count). The number of amides is 2. The largest absolute Gasteiger partial charge is 0.436 e. The van der Waals surface area contributed by atoms with E-state index in [9.17, 15) is 22.8 Å². The van der Waals surface area contributed by atoms with Crippen molar-refractivity contribution in [2.75, 3.05) is 11.4 Å². The summed E-state index contributed by atoms with van der Waals surface area (Å²) in [6.07, 6.45) is -3.86. The highest BCUT2D eigenvalue weighted by molar-refractivity contribution is 5.95. The SMILES string of the molecule is CCCC(=O)OC1(CC)CNC(=O)N1c1cc(C(F)(F)F)no1. The summed E-state index contributed by atoms with van der Waals surface area (Å²) < 4.78 is 47.9. The van der Waals surface area contributed by atoms with Crippen molar-refractivity contribution in [3.05, 3.63) is 11.8 Å². The molecule has 1 aromatic heterocycles. The Bertz CT molecular complexity index is 602. The van der Waals surface area contributed by atoms with Crippen LogP contribution in [-0.4, -0.2) is 29.4 Å². The molecule has 0 radical (unpaired) electrons. The average molecular weight is 335 g/mol. The number of nitrogens with zero attached hydrogens (tertiary/aromatic N) is 2. The van der Waals surface area contributed by atoms with Crippen LogP contribution < -0.4 is 10.2 Å². The number of halogens is 3. The molecule has 2 heterocycles. The Labute approximate surface area is 129 Å². The zero-order valence-electron chi connectivity index (χ0n) is 12.6. The first-order valence-electron chi connectivity index (χ1n) is 7.07. The highest BCUT2D eigenvalue weighted by Crippen LogP contribution is 2.36. The van der Waals surface area contributed by atoms with Gasteiger partial charge in [0, 0.05) is 18.9 Å². The molecule has 0 aromatic carbocycles. The molecule has 0 bridgehead atoms. The highest BCUT2D eigenvalue weighted by atomic mass is 19.4. The molecule has 1 unspecified atom stereocenters. The summed E-state index contributed by atoms with van der Waals surface area (Å²) >= 11 is 0. The van der Waals surface area contributed by atoms with Crippen molar-refractivity contribution in [3.8, 4) is 0 Å². The third kappa shape index (κ3) is 3.25. The van der Waals surface area contributed by atoms with Crippen molar-refractivity contribution in [1.82, 2.24) is 10.5 Å². The molecule has 1 aliphatic heterocycles. The Balaban J connectivity index is 2.34. The third-order valence-corrected chi connectivity index (χ3v) is 3.45. The van der Waals surface area contributed by atoms with Gasteiger partial charge in [-0.2, -0.15) is 13.2 Å². The second-order valence-electron chi connectivity index (χ2n) is 5.07. The molecule has 1 saturated heterocycles. The fourth-order valence-electron chi connectivity index (χ4n) is 2.27. The summed E-state index contributed by atoms with van der Waals surface area (Å²) in [7, 11) is 0. The van der Waals surface area contributed by atoms with Crippen LogP contribution in [0.2, 0.25) is 0 Å². The summed E-state index contributed by atoms with van der Waals surface area (Å²) in [5.41, 5.74) is -2.71. The van der Waals surface area contributed by atoms with E-state index in [1.807, 2.05) is 0 Å². The van der Waals surface area contributed by atoms with E-state index < -0.39 is 35.5 Å². The first kappa shape index (κ1) is 17.1. The number of carbonyl (C=O) groups excluding carboxylic acids is 2. The predicted octanol–water partition coefficient (Wildman–Crippen LogP) is 2.67. The van der Waals surface area contributed by atoms with Gasteiger partial charge in [0.2, 0.25) is 11.6 Å². The average Bonchev–Trinajstić information content (AvgIpc) is 3.04. The van der Waals surface area contributed by atoms with Crippen molar-refractivity contribution in [1.29, 1.82) is 0 Å². The van der Waals surface area contributed by atoms with E-state index in [0.717, 1.165) is 4.90 Å². The maximum Gasteiger partial charge on any atom is 0.436 e. The van der Waals surface area contributed by atoms with Crippen molar-refractivity contribution in [2.45, 2.75) is 45.0 Å². The quantitative estimate of drug-likeness (QED) is 0.836. The van der Waals surface area contributed by atoms with Crippen LogP contribution in [0.5, 0.6) is 0 Å². The number of ether oxygens (including phenoxy) is 1. The molecule has 2 amide bonds. The number of hydrogen-bond acceptors (Lipinski definition) is 5. The first-order chi connectivity index (χ1) is 10.7. The summed E-state index contributed by atoms with van der Waals surface area (Å²) in [5.74, 6) is -0.982. The molecule has 1 atom stereocenters. The number of hydrogen-bond donors (Lipinski definition) is 1. The minimum absolute atomic E-state index is 0.0557. The van der Waals surface area contributed by atoms with Crippen LogP contribution in [0.3, 0.4) is 0 Å². The summed E-state index contributed by atoms with van der Waals surface area (Å²) in [4.78, 5) is 24.7. The lowest BCUT2D eigenvalue weighted by Crippen LogP contribution is -2.50. The molecule has 10 heteroatoms. The van der Waals surface area contributed by atoms with Gasteiger partial charge < -0.3 is 14.6 Å². The van der Waals surface area contributed by atoms with Crippen LogP contribution >= 0.6 is 0 Å². The molecular weight excluding hydrogens is 319 g/mol. The molecule has 1 aromatic rings. The van der Waals surface area contributed by atoms with Gasteiger partial charge >= 0.3 is 18.2 Å². The van der Waals surface area contributed by atoms with Crippen LogP contribution in [0, 0.1) is 0 Å². The Morgan fingerprint density at radius 2 is 2.22 bits per heavy atom. The van der Waals surface area contributed by atoms with Gasteiger partial charge in [-0.25, -0.2) is 9.69 Å².